The molecule has 0 spiro atoms. The number of ether oxygens (including phenoxy) is 1. The van der Waals surface area contributed by atoms with Crippen LogP contribution < -0.4 is 0 Å². The number of ketones is 1. The van der Waals surface area contributed by atoms with Crippen molar-refractivity contribution in [2.24, 2.45) is 0 Å². The molecule has 0 radical (unpaired) electrons. The lowest BCUT2D eigenvalue weighted by Crippen LogP contribution is -2.13. The average Bonchev–Trinajstić information content (AvgIpc) is 3.03. The molecule has 0 fully saturated rings. The largest absolute Gasteiger partial charge is 0.465 e. The molecule has 0 N–H and O–H groups in total. The van der Waals surface area contributed by atoms with Crippen LogP contribution in [0, 0.1) is 0 Å². The van der Waals surface area contributed by atoms with Crippen molar-refractivity contribution in [2.75, 3.05) is 7.11 Å². The van der Waals surface area contributed by atoms with Gasteiger partial charge < -0.3 is 4.74 Å². The number of alkyl halides is 3. The van der Waals surface area contributed by atoms with Crippen molar-refractivity contribution in [3.63, 3.8) is 0 Å². The Bertz CT molecular complexity index is 989. The SMILES string of the molecule is COC(=O)c1sc(C(=O)C=C(c2cc(Cl)cc(Cl)c2)C(F)(F)F)c2c1CCCC2. The van der Waals surface area contributed by atoms with Crippen LogP contribution in [0.1, 0.15) is 48.9 Å². The van der Waals surface area contributed by atoms with E-state index in [-0.39, 0.29) is 25.4 Å². The van der Waals surface area contributed by atoms with Crippen molar-refractivity contribution in [3.8, 4) is 0 Å². The summed E-state index contributed by atoms with van der Waals surface area (Å²) in [7, 11) is 1.23. The van der Waals surface area contributed by atoms with E-state index in [1.165, 1.54) is 13.2 Å². The lowest BCUT2D eigenvalue weighted by molar-refractivity contribution is -0.0689. The number of hydrogen-bond acceptors (Lipinski definition) is 4. The minimum Gasteiger partial charge on any atom is -0.465 e. The molecule has 0 unspecified atom stereocenters. The van der Waals surface area contributed by atoms with E-state index in [0.29, 0.717) is 30.0 Å². The number of halogens is 5. The average molecular weight is 463 g/mol. The zero-order valence-corrected chi connectivity index (χ0v) is 17.5. The first-order valence-electron chi connectivity index (χ1n) is 8.64. The van der Waals surface area contributed by atoms with Gasteiger partial charge in [0, 0.05) is 10.0 Å². The summed E-state index contributed by atoms with van der Waals surface area (Å²) in [4.78, 5) is 25.3. The maximum atomic E-state index is 13.7. The van der Waals surface area contributed by atoms with Crippen molar-refractivity contribution in [2.45, 2.75) is 31.9 Å². The lowest BCUT2D eigenvalue weighted by atomic mass is 9.91. The van der Waals surface area contributed by atoms with Crippen LogP contribution in [0.25, 0.3) is 5.57 Å². The Morgan fingerprint density at radius 2 is 1.59 bits per heavy atom. The number of methoxy groups -OCH3 is 1. The van der Waals surface area contributed by atoms with Gasteiger partial charge in [-0.3, -0.25) is 4.79 Å². The Balaban J connectivity index is 2.11. The molecule has 0 saturated heterocycles. The molecule has 3 nitrogen and oxygen atoms in total. The minimum absolute atomic E-state index is 0.0246. The minimum atomic E-state index is -4.80. The van der Waals surface area contributed by atoms with Crippen molar-refractivity contribution in [3.05, 3.63) is 60.8 Å². The van der Waals surface area contributed by atoms with E-state index in [2.05, 4.69) is 0 Å². The van der Waals surface area contributed by atoms with Crippen molar-refractivity contribution in [1.82, 2.24) is 0 Å². The highest BCUT2D eigenvalue weighted by molar-refractivity contribution is 7.16. The van der Waals surface area contributed by atoms with Crippen molar-refractivity contribution >= 4 is 51.9 Å². The number of fused-ring (bicyclic) bond motifs is 1. The zero-order chi connectivity index (χ0) is 21.3. The second-order valence-corrected chi connectivity index (χ2v) is 8.39. The van der Waals surface area contributed by atoms with Gasteiger partial charge in [-0.1, -0.05) is 23.2 Å². The third-order valence-electron chi connectivity index (χ3n) is 4.57. The molecule has 0 saturated carbocycles. The molecule has 0 atom stereocenters. The van der Waals surface area contributed by atoms with Crippen LogP contribution in [0.3, 0.4) is 0 Å². The number of carbonyl (C=O) groups is 2. The van der Waals surface area contributed by atoms with Crippen molar-refractivity contribution in [1.29, 1.82) is 0 Å². The fourth-order valence-electron chi connectivity index (χ4n) is 3.32. The predicted molar refractivity (Wildman–Crippen MR) is 107 cm³/mol. The number of rotatable bonds is 4. The molecule has 0 bridgehead atoms. The number of hydrogen-bond donors (Lipinski definition) is 0. The normalized spacial score (nSPS) is 14.5. The van der Waals surface area contributed by atoms with Crippen LogP contribution in [-0.2, 0) is 17.6 Å². The van der Waals surface area contributed by atoms with Gasteiger partial charge in [-0.2, -0.15) is 13.2 Å². The van der Waals surface area contributed by atoms with E-state index in [9.17, 15) is 22.8 Å². The van der Waals surface area contributed by atoms with Gasteiger partial charge in [-0.05, 0) is 66.6 Å². The Hall–Kier alpha value is -1.83. The second kappa shape index (κ2) is 8.50. The fourth-order valence-corrected chi connectivity index (χ4v) is 5.08. The molecule has 1 aliphatic carbocycles. The van der Waals surface area contributed by atoms with Gasteiger partial charge in [0.05, 0.1) is 17.6 Å². The third-order valence-corrected chi connectivity index (χ3v) is 6.27. The Kier molecular flexibility index (Phi) is 6.41. The maximum absolute atomic E-state index is 13.7. The first kappa shape index (κ1) is 21.9. The quantitative estimate of drug-likeness (QED) is 0.294. The number of thiophene rings is 1. The Morgan fingerprint density at radius 1 is 1.03 bits per heavy atom. The van der Waals surface area contributed by atoms with Gasteiger partial charge in [0.15, 0.2) is 5.78 Å². The highest BCUT2D eigenvalue weighted by Gasteiger charge is 2.36. The smallest absolute Gasteiger partial charge is 0.417 e. The zero-order valence-electron chi connectivity index (χ0n) is 15.2. The third kappa shape index (κ3) is 4.68. The van der Waals surface area contributed by atoms with Crippen LogP contribution in [0.5, 0.6) is 0 Å². The summed E-state index contributed by atoms with van der Waals surface area (Å²) in [6, 6.07) is 3.51. The molecule has 9 heteroatoms. The highest BCUT2D eigenvalue weighted by atomic mass is 35.5. The van der Waals surface area contributed by atoms with E-state index in [1.807, 2.05) is 0 Å². The van der Waals surface area contributed by atoms with Gasteiger partial charge in [0.1, 0.15) is 4.88 Å². The van der Waals surface area contributed by atoms with E-state index < -0.39 is 23.5 Å². The van der Waals surface area contributed by atoms with E-state index >= 15 is 0 Å². The van der Waals surface area contributed by atoms with Crippen LogP contribution in [0.2, 0.25) is 10.0 Å². The van der Waals surface area contributed by atoms with Crippen LogP contribution in [0.4, 0.5) is 13.2 Å². The summed E-state index contributed by atoms with van der Waals surface area (Å²) >= 11 is 12.5. The summed E-state index contributed by atoms with van der Waals surface area (Å²) in [6.45, 7) is 0. The molecule has 29 heavy (non-hydrogen) atoms. The summed E-state index contributed by atoms with van der Waals surface area (Å²) in [5.41, 5.74) is -0.121. The number of carbonyl (C=O) groups excluding carboxylic acids is 2. The van der Waals surface area contributed by atoms with Gasteiger partial charge >= 0.3 is 12.1 Å². The van der Waals surface area contributed by atoms with E-state index in [1.54, 1.807) is 0 Å². The van der Waals surface area contributed by atoms with E-state index in [4.69, 9.17) is 27.9 Å². The monoisotopic (exact) mass is 462 g/mol. The summed E-state index contributed by atoms with van der Waals surface area (Å²) in [6.07, 6.45) is -1.50. The molecule has 1 heterocycles. The standard InChI is InChI=1S/C20H15Cl2F3O3S/c1-28-19(27)18-14-5-3-2-4-13(14)17(29-18)16(26)9-15(20(23,24)25)10-6-11(21)8-12(22)7-10/h6-9H,2-5H2,1H3. The van der Waals surface area contributed by atoms with Crippen LogP contribution >= 0.6 is 34.5 Å². The first-order valence-corrected chi connectivity index (χ1v) is 10.2. The Morgan fingerprint density at radius 3 is 2.10 bits per heavy atom. The summed E-state index contributed by atoms with van der Waals surface area (Å²) in [5, 5.41) is 0.0492. The molecule has 1 aromatic carbocycles. The molecule has 1 aliphatic rings. The predicted octanol–water partition coefficient (Wildman–Crippen LogP) is 6.55. The number of esters is 1. The fraction of sp³-hybridized carbons (Fsp3) is 0.300. The number of allylic oxidation sites excluding steroid dienone is 2. The molecule has 0 aliphatic heterocycles. The van der Waals surface area contributed by atoms with Crippen LogP contribution in [-0.4, -0.2) is 25.0 Å². The molecular weight excluding hydrogens is 448 g/mol. The molecule has 154 valence electrons. The van der Waals surface area contributed by atoms with Crippen LogP contribution in [0.15, 0.2) is 24.3 Å². The lowest BCUT2D eigenvalue weighted by Gasteiger charge is -2.14. The van der Waals surface area contributed by atoms with Crippen molar-refractivity contribution < 1.29 is 27.5 Å². The van der Waals surface area contributed by atoms with E-state index in [0.717, 1.165) is 36.3 Å². The molecule has 1 aromatic heterocycles. The molecule has 3 rings (SSSR count). The number of benzene rings is 1. The summed E-state index contributed by atoms with van der Waals surface area (Å²) < 4.78 is 45.8. The topological polar surface area (TPSA) is 43.4 Å². The highest BCUT2D eigenvalue weighted by Crippen LogP contribution is 2.39. The molecule has 2 aromatic rings. The molecular formula is C20H15Cl2F3O3S. The van der Waals surface area contributed by atoms with Gasteiger partial charge in [0.25, 0.3) is 0 Å². The van der Waals surface area contributed by atoms with Gasteiger partial charge in [-0.15, -0.1) is 11.3 Å². The molecule has 0 amide bonds. The Labute approximate surface area is 179 Å². The second-order valence-electron chi connectivity index (χ2n) is 6.49. The van der Waals surface area contributed by atoms with Gasteiger partial charge in [-0.25, -0.2) is 4.79 Å². The summed E-state index contributed by atoms with van der Waals surface area (Å²) in [5.74, 6) is -1.40. The first-order chi connectivity index (χ1) is 13.6. The van der Waals surface area contributed by atoms with Gasteiger partial charge in [0.2, 0.25) is 0 Å². The maximum Gasteiger partial charge on any atom is 0.417 e.